The van der Waals surface area contributed by atoms with E-state index in [2.05, 4.69) is 10.4 Å². The first-order chi connectivity index (χ1) is 13.5. The van der Waals surface area contributed by atoms with Crippen molar-refractivity contribution in [3.05, 3.63) is 42.2 Å². The van der Waals surface area contributed by atoms with Crippen molar-refractivity contribution in [2.45, 2.75) is 39.0 Å². The van der Waals surface area contributed by atoms with Gasteiger partial charge in [-0.15, -0.1) is 0 Å². The van der Waals surface area contributed by atoms with Gasteiger partial charge in [0.25, 0.3) is 0 Å². The highest BCUT2D eigenvalue weighted by Crippen LogP contribution is 2.23. The lowest BCUT2D eigenvalue weighted by atomic mass is 9.91. The Hall–Kier alpha value is -2.87. The van der Waals surface area contributed by atoms with Gasteiger partial charge in [-0.1, -0.05) is 0 Å². The highest BCUT2D eigenvalue weighted by atomic mass is 16.5. The highest BCUT2D eigenvalue weighted by Gasteiger charge is 2.22. The number of nitrogens with one attached hydrogen (secondary N) is 2. The average Bonchev–Trinajstić information content (AvgIpc) is 3.15. The Kier molecular flexibility index (Phi) is 6.65. The lowest BCUT2D eigenvalue weighted by molar-refractivity contribution is -0.129. The van der Waals surface area contributed by atoms with Gasteiger partial charge in [-0.3, -0.25) is 10.0 Å². The van der Waals surface area contributed by atoms with Crippen molar-refractivity contribution >= 4 is 17.6 Å². The number of aryl methyl sites for hydroxylation is 1. The van der Waals surface area contributed by atoms with Gasteiger partial charge in [0.05, 0.1) is 11.4 Å². The van der Waals surface area contributed by atoms with Crippen molar-refractivity contribution in [3.8, 4) is 5.69 Å². The summed E-state index contributed by atoms with van der Waals surface area (Å²) in [5, 5.41) is 15.8. The third-order valence-electron chi connectivity index (χ3n) is 5.15. The summed E-state index contributed by atoms with van der Waals surface area (Å²) in [5.41, 5.74) is 4.32. The molecule has 0 radical (unpaired) electrons. The maximum atomic E-state index is 12.5. The normalized spacial score (nSPS) is 14.7. The predicted molar refractivity (Wildman–Crippen MR) is 105 cm³/mol. The average molecular weight is 385 g/mol. The molecule has 3 amide bonds. The lowest BCUT2D eigenvalue weighted by Crippen LogP contribution is -2.41. The zero-order valence-corrected chi connectivity index (χ0v) is 16.1. The minimum atomic E-state index is -0.342. The number of amides is 3. The van der Waals surface area contributed by atoms with Crippen molar-refractivity contribution in [2.75, 3.05) is 18.4 Å². The third kappa shape index (κ3) is 5.32. The first kappa shape index (κ1) is 19.9. The molecule has 0 atom stereocenters. The molecule has 1 aromatic carbocycles. The van der Waals surface area contributed by atoms with E-state index in [4.69, 9.17) is 5.21 Å². The van der Waals surface area contributed by atoms with Crippen LogP contribution in [0.2, 0.25) is 0 Å². The molecule has 0 spiro atoms. The van der Waals surface area contributed by atoms with Crippen LogP contribution in [0, 0.1) is 12.8 Å². The minimum absolute atomic E-state index is 0.0826. The molecule has 8 heteroatoms. The van der Waals surface area contributed by atoms with Gasteiger partial charge in [-0.2, -0.15) is 5.10 Å². The fraction of sp³-hybridized carbons (Fsp3) is 0.450. The van der Waals surface area contributed by atoms with Gasteiger partial charge >= 0.3 is 6.03 Å². The fourth-order valence-corrected chi connectivity index (χ4v) is 3.49. The van der Waals surface area contributed by atoms with Gasteiger partial charge in [-0.05, 0) is 68.9 Å². The second kappa shape index (κ2) is 9.36. The molecule has 2 aromatic rings. The zero-order valence-electron chi connectivity index (χ0n) is 16.1. The van der Waals surface area contributed by atoms with E-state index in [1.54, 1.807) is 10.2 Å². The van der Waals surface area contributed by atoms with Crippen LogP contribution >= 0.6 is 0 Å². The molecule has 0 unspecified atom stereocenters. The van der Waals surface area contributed by atoms with Crippen LogP contribution in [0.15, 0.2) is 36.5 Å². The summed E-state index contributed by atoms with van der Waals surface area (Å²) in [6, 6.07) is 9.47. The number of carbonyl (C=O) groups is 2. The highest BCUT2D eigenvalue weighted by molar-refractivity contribution is 5.89. The van der Waals surface area contributed by atoms with E-state index in [9.17, 15) is 9.59 Å². The van der Waals surface area contributed by atoms with Gasteiger partial charge in [0.15, 0.2) is 0 Å². The number of rotatable bonds is 6. The smallest absolute Gasteiger partial charge is 0.321 e. The summed E-state index contributed by atoms with van der Waals surface area (Å²) >= 11 is 0. The Morgan fingerprint density at radius 2 is 1.89 bits per heavy atom. The van der Waals surface area contributed by atoms with Crippen molar-refractivity contribution in [2.24, 2.45) is 5.92 Å². The fourth-order valence-electron chi connectivity index (χ4n) is 3.49. The molecule has 2 heterocycles. The number of aromatic nitrogens is 2. The second-order valence-corrected chi connectivity index (χ2v) is 7.24. The predicted octanol–water partition coefficient (Wildman–Crippen LogP) is 3.10. The number of urea groups is 1. The summed E-state index contributed by atoms with van der Waals surface area (Å²) < 4.78 is 1.80. The van der Waals surface area contributed by atoms with Crippen molar-refractivity contribution in [1.29, 1.82) is 0 Å². The molecule has 8 nitrogen and oxygen atoms in total. The van der Waals surface area contributed by atoms with Crippen molar-refractivity contribution in [3.63, 3.8) is 0 Å². The van der Waals surface area contributed by atoms with E-state index >= 15 is 0 Å². The molecule has 1 aromatic heterocycles. The van der Waals surface area contributed by atoms with Crippen LogP contribution in [0.3, 0.4) is 0 Å². The molecule has 1 saturated heterocycles. The number of nitrogens with zero attached hydrogens (tertiary/aromatic N) is 3. The Bertz CT molecular complexity index is 794. The molecular formula is C20H27N5O3. The van der Waals surface area contributed by atoms with Gasteiger partial charge in [0.1, 0.15) is 0 Å². The van der Waals surface area contributed by atoms with Crippen LogP contribution in [-0.4, -0.2) is 44.9 Å². The Labute approximate surface area is 164 Å². The molecule has 0 bridgehead atoms. The molecule has 0 aliphatic carbocycles. The molecule has 1 fully saturated rings. The van der Waals surface area contributed by atoms with Gasteiger partial charge < -0.3 is 10.2 Å². The number of hydrogen-bond acceptors (Lipinski definition) is 4. The molecule has 3 N–H and O–H groups in total. The Morgan fingerprint density at radius 3 is 2.50 bits per heavy atom. The van der Waals surface area contributed by atoms with Gasteiger partial charge in [-0.25, -0.2) is 15.0 Å². The lowest BCUT2D eigenvalue weighted by Gasteiger charge is -2.32. The van der Waals surface area contributed by atoms with Crippen molar-refractivity contribution < 1.29 is 14.8 Å². The number of likely N-dealkylation sites (tertiary alicyclic amines) is 1. The SMILES string of the molecule is Cc1ccn(-c2ccc(NC(=O)N3CCC(CCCC(=O)NO)CC3)cc2)n1. The van der Waals surface area contributed by atoms with Crippen LogP contribution in [0.25, 0.3) is 5.69 Å². The number of benzene rings is 1. The molecule has 150 valence electrons. The van der Waals surface area contributed by atoms with Crippen LogP contribution in [0.5, 0.6) is 0 Å². The first-order valence-corrected chi connectivity index (χ1v) is 9.67. The Morgan fingerprint density at radius 1 is 1.18 bits per heavy atom. The Balaban J connectivity index is 1.43. The quantitative estimate of drug-likeness (QED) is 0.525. The van der Waals surface area contributed by atoms with E-state index < -0.39 is 0 Å². The van der Waals surface area contributed by atoms with Crippen molar-refractivity contribution in [1.82, 2.24) is 20.2 Å². The standard InChI is InChI=1S/C20H27N5O3/c1-15-9-14-25(22-15)18-7-5-17(6-8-18)21-20(27)24-12-10-16(11-13-24)3-2-4-19(26)23-28/h5-9,14,16,28H,2-4,10-13H2,1H3,(H,21,27)(H,23,26). The third-order valence-corrected chi connectivity index (χ3v) is 5.15. The molecule has 0 saturated carbocycles. The van der Waals surface area contributed by atoms with E-state index in [-0.39, 0.29) is 11.9 Å². The van der Waals surface area contributed by atoms with E-state index in [1.165, 1.54) is 0 Å². The van der Waals surface area contributed by atoms with Crippen LogP contribution in [-0.2, 0) is 4.79 Å². The largest absolute Gasteiger partial charge is 0.325 e. The van der Waals surface area contributed by atoms with E-state index in [0.29, 0.717) is 25.4 Å². The number of piperidine rings is 1. The number of hydroxylamine groups is 1. The molecular weight excluding hydrogens is 358 g/mol. The van der Waals surface area contributed by atoms with Gasteiger partial charge in [0.2, 0.25) is 5.91 Å². The summed E-state index contributed by atoms with van der Waals surface area (Å²) in [5.74, 6) is 0.179. The van der Waals surface area contributed by atoms with E-state index in [0.717, 1.165) is 42.8 Å². The summed E-state index contributed by atoms with van der Waals surface area (Å²) in [7, 11) is 0. The molecule has 1 aliphatic heterocycles. The molecule has 28 heavy (non-hydrogen) atoms. The minimum Gasteiger partial charge on any atom is -0.325 e. The van der Waals surface area contributed by atoms with E-state index in [1.807, 2.05) is 48.4 Å². The first-order valence-electron chi connectivity index (χ1n) is 9.67. The van der Waals surface area contributed by atoms with Crippen LogP contribution in [0.1, 0.15) is 37.8 Å². The summed E-state index contributed by atoms with van der Waals surface area (Å²) in [4.78, 5) is 25.4. The molecule has 3 rings (SSSR count). The summed E-state index contributed by atoms with van der Waals surface area (Å²) in [6.45, 7) is 3.38. The van der Waals surface area contributed by atoms with Crippen LogP contribution in [0.4, 0.5) is 10.5 Å². The number of carbonyl (C=O) groups excluding carboxylic acids is 2. The second-order valence-electron chi connectivity index (χ2n) is 7.24. The number of hydrogen-bond donors (Lipinski definition) is 3. The maximum Gasteiger partial charge on any atom is 0.321 e. The molecule has 1 aliphatic rings. The zero-order chi connectivity index (χ0) is 19.9. The maximum absolute atomic E-state index is 12.5. The van der Waals surface area contributed by atoms with Gasteiger partial charge in [0, 0.05) is 31.4 Å². The number of anilines is 1. The topological polar surface area (TPSA) is 99.5 Å². The summed E-state index contributed by atoms with van der Waals surface area (Å²) in [6.07, 6.45) is 5.81. The monoisotopic (exact) mass is 385 g/mol. The van der Waals surface area contributed by atoms with Crippen LogP contribution < -0.4 is 10.8 Å².